The van der Waals surface area contributed by atoms with Gasteiger partial charge in [-0.15, -0.1) is 0 Å². The van der Waals surface area contributed by atoms with Crippen LogP contribution in [0.1, 0.15) is 26.7 Å². The van der Waals surface area contributed by atoms with Crippen LogP contribution in [0.2, 0.25) is 0 Å². The van der Waals surface area contributed by atoms with Crippen molar-refractivity contribution in [3.8, 4) is 0 Å². The molecule has 1 aromatic rings. The topological polar surface area (TPSA) is 73.4 Å². The Balaban J connectivity index is 2.06. The fourth-order valence-corrected chi connectivity index (χ4v) is 2.41. The summed E-state index contributed by atoms with van der Waals surface area (Å²) in [6.07, 6.45) is 3.56. The normalized spacial score (nSPS) is 18.2. The molecule has 1 saturated heterocycles. The van der Waals surface area contributed by atoms with Crippen LogP contribution in [0.25, 0.3) is 0 Å². The van der Waals surface area contributed by atoms with Crippen molar-refractivity contribution in [2.45, 2.75) is 38.8 Å². The van der Waals surface area contributed by atoms with Crippen molar-refractivity contribution in [1.82, 2.24) is 9.78 Å². The fraction of sp³-hybridized carbons (Fsp3) is 0.714. The van der Waals surface area contributed by atoms with Crippen LogP contribution in [-0.2, 0) is 11.3 Å². The summed E-state index contributed by atoms with van der Waals surface area (Å²) in [5.74, 6) is 0. The molecule has 6 nitrogen and oxygen atoms in total. The van der Waals surface area contributed by atoms with E-state index in [1.54, 1.807) is 12.3 Å². The van der Waals surface area contributed by atoms with Gasteiger partial charge in [0.15, 0.2) is 0 Å². The molecular formula is C14H24N4O2. The number of nitrogens with zero attached hydrogens (tertiary/aromatic N) is 3. The van der Waals surface area contributed by atoms with Gasteiger partial charge in [-0.25, -0.2) is 4.68 Å². The molecular weight excluding hydrogens is 256 g/mol. The number of rotatable bonds is 5. The molecule has 0 saturated carbocycles. The number of morpholine rings is 1. The molecule has 0 aliphatic carbocycles. The van der Waals surface area contributed by atoms with E-state index >= 15 is 0 Å². The third kappa shape index (κ3) is 3.80. The van der Waals surface area contributed by atoms with Crippen LogP contribution >= 0.6 is 0 Å². The van der Waals surface area contributed by atoms with Gasteiger partial charge in [-0.3, -0.25) is 4.79 Å². The smallest absolute Gasteiger partial charge is 0.268 e. The van der Waals surface area contributed by atoms with Gasteiger partial charge in [-0.2, -0.15) is 5.10 Å². The Hall–Kier alpha value is -1.40. The molecule has 1 fully saturated rings. The van der Waals surface area contributed by atoms with Gasteiger partial charge in [-0.05, 0) is 33.2 Å². The maximum atomic E-state index is 12.0. The summed E-state index contributed by atoms with van der Waals surface area (Å²) in [4.78, 5) is 14.2. The zero-order valence-corrected chi connectivity index (χ0v) is 12.3. The Morgan fingerprint density at radius 1 is 1.45 bits per heavy atom. The van der Waals surface area contributed by atoms with Crippen LogP contribution < -0.4 is 16.2 Å². The summed E-state index contributed by atoms with van der Waals surface area (Å²) >= 11 is 0. The number of unbranched alkanes of at least 4 members (excludes halogenated alkanes) is 1. The molecule has 1 aromatic heterocycles. The minimum absolute atomic E-state index is 0.0520. The van der Waals surface area contributed by atoms with Gasteiger partial charge in [0.1, 0.15) is 0 Å². The van der Waals surface area contributed by atoms with Crippen LogP contribution in [0.3, 0.4) is 0 Å². The Morgan fingerprint density at radius 2 is 2.25 bits per heavy atom. The second-order valence-electron chi connectivity index (χ2n) is 5.80. The highest BCUT2D eigenvalue weighted by Gasteiger charge is 2.27. The molecule has 1 aliphatic rings. The van der Waals surface area contributed by atoms with Gasteiger partial charge in [-0.1, -0.05) is 0 Å². The lowest BCUT2D eigenvalue weighted by atomic mass is 10.1. The van der Waals surface area contributed by atoms with E-state index in [4.69, 9.17) is 10.5 Å². The summed E-state index contributed by atoms with van der Waals surface area (Å²) in [7, 11) is 0. The molecule has 0 aromatic carbocycles. The second-order valence-corrected chi connectivity index (χ2v) is 5.80. The van der Waals surface area contributed by atoms with Crippen molar-refractivity contribution in [3.63, 3.8) is 0 Å². The number of anilines is 1. The molecule has 112 valence electrons. The minimum atomic E-state index is -0.186. The van der Waals surface area contributed by atoms with Crippen LogP contribution in [0, 0.1) is 0 Å². The molecule has 1 aliphatic heterocycles. The van der Waals surface area contributed by atoms with Crippen molar-refractivity contribution < 1.29 is 4.74 Å². The van der Waals surface area contributed by atoms with E-state index in [1.807, 2.05) is 0 Å². The van der Waals surface area contributed by atoms with Gasteiger partial charge in [0, 0.05) is 25.7 Å². The van der Waals surface area contributed by atoms with Gasteiger partial charge in [0.25, 0.3) is 5.56 Å². The number of ether oxygens (including phenoxy) is 1. The van der Waals surface area contributed by atoms with Crippen molar-refractivity contribution in [2.75, 3.05) is 31.1 Å². The highest BCUT2D eigenvalue weighted by Crippen LogP contribution is 2.21. The van der Waals surface area contributed by atoms with E-state index in [0.29, 0.717) is 19.7 Å². The highest BCUT2D eigenvalue weighted by molar-refractivity contribution is 5.43. The number of aryl methyl sites for hydroxylation is 1. The summed E-state index contributed by atoms with van der Waals surface area (Å²) in [5, 5.41) is 4.25. The molecule has 20 heavy (non-hydrogen) atoms. The Morgan fingerprint density at radius 3 is 2.90 bits per heavy atom. The van der Waals surface area contributed by atoms with E-state index in [2.05, 4.69) is 23.8 Å². The van der Waals surface area contributed by atoms with Gasteiger partial charge >= 0.3 is 0 Å². The molecule has 0 bridgehead atoms. The maximum absolute atomic E-state index is 12.0. The van der Waals surface area contributed by atoms with Crippen LogP contribution in [0.15, 0.2) is 17.1 Å². The Labute approximate surface area is 119 Å². The van der Waals surface area contributed by atoms with Gasteiger partial charge in [0.2, 0.25) is 0 Å². The van der Waals surface area contributed by atoms with E-state index < -0.39 is 0 Å². The molecule has 6 heteroatoms. The monoisotopic (exact) mass is 280 g/mol. The third-order valence-electron chi connectivity index (χ3n) is 3.47. The zero-order chi connectivity index (χ0) is 14.6. The first kappa shape index (κ1) is 15.0. The van der Waals surface area contributed by atoms with E-state index in [9.17, 15) is 4.79 Å². The summed E-state index contributed by atoms with van der Waals surface area (Å²) in [6, 6.07) is 1.66. The molecule has 0 unspecified atom stereocenters. The van der Waals surface area contributed by atoms with Crippen LogP contribution in [0.5, 0.6) is 0 Å². The molecule has 0 spiro atoms. The Bertz CT molecular complexity index is 498. The average molecular weight is 280 g/mol. The summed E-state index contributed by atoms with van der Waals surface area (Å²) in [5.41, 5.74) is 6.09. The molecule has 0 radical (unpaired) electrons. The molecule has 0 amide bonds. The Kier molecular flexibility index (Phi) is 4.77. The summed E-state index contributed by atoms with van der Waals surface area (Å²) in [6.45, 7) is 7.63. The largest absolute Gasteiger partial charge is 0.372 e. The predicted molar refractivity (Wildman–Crippen MR) is 79.0 cm³/mol. The van der Waals surface area contributed by atoms with Gasteiger partial charge < -0.3 is 15.4 Å². The van der Waals surface area contributed by atoms with E-state index in [1.165, 1.54) is 4.68 Å². The fourth-order valence-electron chi connectivity index (χ4n) is 2.41. The lowest BCUT2D eigenvalue weighted by Gasteiger charge is -2.39. The molecule has 2 heterocycles. The van der Waals surface area contributed by atoms with Crippen LogP contribution in [-0.4, -0.2) is 41.6 Å². The second kappa shape index (κ2) is 6.37. The van der Waals surface area contributed by atoms with E-state index in [0.717, 1.165) is 31.6 Å². The first-order valence-corrected chi connectivity index (χ1v) is 7.18. The van der Waals surface area contributed by atoms with Gasteiger partial charge in [0.05, 0.1) is 24.1 Å². The minimum Gasteiger partial charge on any atom is -0.372 e. The van der Waals surface area contributed by atoms with Crippen molar-refractivity contribution in [1.29, 1.82) is 0 Å². The van der Waals surface area contributed by atoms with E-state index in [-0.39, 0.29) is 11.2 Å². The quantitative estimate of drug-likeness (QED) is 0.799. The number of hydrogen-bond acceptors (Lipinski definition) is 5. The standard InChI is InChI=1S/C14H24N4O2/c1-14(2)11-17(7-8-20-14)12-9-13(19)18(16-10-12)6-4-3-5-15/h9-10H,3-8,11,15H2,1-2H3. The number of aromatic nitrogens is 2. The number of nitrogens with two attached hydrogens (primary N) is 1. The van der Waals surface area contributed by atoms with Crippen molar-refractivity contribution in [3.05, 3.63) is 22.6 Å². The lowest BCUT2D eigenvalue weighted by Crippen LogP contribution is -2.48. The summed E-state index contributed by atoms with van der Waals surface area (Å²) < 4.78 is 7.18. The molecule has 2 rings (SSSR count). The highest BCUT2D eigenvalue weighted by atomic mass is 16.5. The number of hydrogen-bond donors (Lipinski definition) is 1. The third-order valence-corrected chi connectivity index (χ3v) is 3.47. The molecule has 0 atom stereocenters. The maximum Gasteiger partial charge on any atom is 0.268 e. The predicted octanol–water partition coefficient (Wildman–Crippen LogP) is 0.597. The van der Waals surface area contributed by atoms with Crippen LogP contribution in [0.4, 0.5) is 5.69 Å². The zero-order valence-electron chi connectivity index (χ0n) is 12.3. The van der Waals surface area contributed by atoms with Crippen molar-refractivity contribution in [2.24, 2.45) is 5.73 Å². The SMILES string of the molecule is CC1(C)CN(c2cnn(CCCCN)c(=O)c2)CCO1. The molecule has 2 N–H and O–H groups in total. The first-order valence-electron chi connectivity index (χ1n) is 7.18. The average Bonchev–Trinajstić information content (AvgIpc) is 2.39. The van der Waals surface area contributed by atoms with Crippen molar-refractivity contribution >= 4 is 5.69 Å². The first-order chi connectivity index (χ1) is 9.52. The lowest BCUT2D eigenvalue weighted by molar-refractivity contribution is -0.0277.